The first-order valence-electron chi connectivity index (χ1n) is 19.3. The molecule has 3 amide bonds. The largest absolute Gasteiger partial charge is 0.453 e. The number of imidazole rings is 2. The number of amides is 3. The van der Waals surface area contributed by atoms with Crippen molar-refractivity contribution >= 4 is 17.9 Å². The summed E-state index contributed by atoms with van der Waals surface area (Å²) in [4.78, 5) is 65.7. The third-order valence-corrected chi connectivity index (χ3v) is 11.8. The van der Waals surface area contributed by atoms with Crippen LogP contribution in [0.15, 0.2) is 79.5 Å². The molecule has 2 aromatic carbocycles. The van der Waals surface area contributed by atoms with E-state index in [9.17, 15) is 14.4 Å². The Morgan fingerprint density at radius 3 is 2.09 bits per heavy atom. The summed E-state index contributed by atoms with van der Waals surface area (Å²) in [5.41, 5.74) is 6.77. The first kappa shape index (κ1) is 36.1. The van der Waals surface area contributed by atoms with Gasteiger partial charge in [0.15, 0.2) is 0 Å². The molecule has 8 rings (SSSR count). The first-order valence-corrected chi connectivity index (χ1v) is 19.3. The lowest BCUT2D eigenvalue weighted by molar-refractivity contribution is -0.135. The quantitative estimate of drug-likeness (QED) is 0.120. The number of carbonyl (C=O) groups is 3. The predicted molar refractivity (Wildman–Crippen MR) is 206 cm³/mol. The number of rotatable bonds is 11. The molecule has 4 heterocycles. The summed E-state index contributed by atoms with van der Waals surface area (Å²) in [5.74, 6) is 2.28. The van der Waals surface area contributed by atoms with Crippen molar-refractivity contribution in [1.29, 1.82) is 0 Å². The van der Waals surface area contributed by atoms with Crippen LogP contribution in [-0.4, -0.2) is 72.4 Å². The predicted octanol–water partition coefficient (Wildman–Crippen LogP) is 6.41. The Morgan fingerprint density at radius 1 is 0.818 bits per heavy atom. The average molecular weight is 742 g/mol. The summed E-state index contributed by atoms with van der Waals surface area (Å²) in [6.07, 6.45) is 13.0. The lowest BCUT2D eigenvalue weighted by atomic mass is 9.78. The van der Waals surface area contributed by atoms with Crippen LogP contribution >= 0.6 is 0 Å². The second-order valence-corrected chi connectivity index (χ2v) is 15.4. The van der Waals surface area contributed by atoms with Crippen LogP contribution < -0.4 is 10.6 Å². The molecule has 3 fully saturated rings. The van der Waals surface area contributed by atoms with Gasteiger partial charge in [0, 0.05) is 24.9 Å². The Morgan fingerprint density at radius 2 is 1.45 bits per heavy atom. The summed E-state index contributed by atoms with van der Waals surface area (Å²) in [6, 6.07) is 15.9. The molecule has 5 aromatic rings. The minimum atomic E-state index is -0.678. The molecule has 0 radical (unpaired) electrons. The standard InChI is InChI=1S/C42H47N9O4/c1-24(2)37(50-42(54)55-3)41(53)51-18-4-5-34(51)38-45-22-32(48-38)27-10-6-25(7-11-27)26-8-12-28(13-9-26)33-23-46-39(49-33)35-29-14-15-30(19-29)36(35)40(52)47-21-31-20-43-16-17-44-31/h6-13,16-17,20,22-24,29-30,34-37H,4-5,14-15,18-19,21H2,1-3H3,(H,45,48)(H,46,49)(H,47,52)(H,50,54)/t29?,30?,34-,35?,36-,37-/m0/s1. The van der Waals surface area contributed by atoms with Crippen molar-refractivity contribution in [2.24, 2.45) is 23.7 Å². The molecule has 13 heteroatoms. The van der Waals surface area contributed by atoms with Crippen LogP contribution in [0, 0.1) is 23.7 Å². The molecule has 1 saturated heterocycles. The zero-order chi connectivity index (χ0) is 38.1. The number of nitrogens with one attached hydrogen (secondary N) is 4. The van der Waals surface area contributed by atoms with E-state index in [1.54, 1.807) is 18.6 Å². The molecule has 2 bridgehead atoms. The van der Waals surface area contributed by atoms with Gasteiger partial charge in [0.1, 0.15) is 17.7 Å². The van der Waals surface area contributed by atoms with E-state index in [2.05, 4.69) is 84.1 Å². The molecule has 6 atom stereocenters. The third-order valence-electron chi connectivity index (χ3n) is 11.8. The van der Waals surface area contributed by atoms with Gasteiger partial charge in [-0.15, -0.1) is 0 Å². The van der Waals surface area contributed by atoms with Gasteiger partial charge in [0.25, 0.3) is 0 Å². The number of likely N-dealkylation sites (tertiary alicyclic amines) is 1. The molecule has 2 aliphatic carbocycles. The fourth-order valence-electron chi connectivity index (χ4n) is 8.96. The number of carbonyl (C=O) groups excluding carboxylic acids is 3. The van der Waals surface area contributed by atoms with Crippen LogP contribution in [0.4, 0.5) is 4.79 Å². The molecule has 3 aliphatic rings. The smallest absolute Gasteiger partial charge is 0.407 e. The number of fused-ring (bicyclic) bond motifs is 2. The Hall–Kier alpha value is -5.85. The van der Waals surface area contributed by atoms with Crippen molar-refractivity contribution in [1.82, 2.24) is 45.4 Å². The minimum absolute atomic E-state index is 0.0720. The van der Waals surface area contributed by atoms with Crippen LogP contribution in [-0.2, 0) is 20.9 Å². The van der Waals surface area contributed by atoms with Crippen LogP contribution in [0.3, 0.4) is 0 Å². The van der Waals surface area contributed by atoms with Crippen molar-refractivity contribution in [3.05, 3.63) is 96.9 Å². The lowest BCUT2D eigenvalue weighted by Gasteiger charge is -2.30. The van der Waals surface area contributed by atoms with E-state index in [1.807, 2.05) is 31.1 Å². The highest BCUT2D eigenvalue weighted by Crippen LogP contribution is 2.56. The van der Waals surface area contributed by atoms with E-state index in [4.69, 9.17) is 9.72 Å². The highest BCUT2D eigenvalue weighted by molar-refractivity contribution is 5.86. The molecule has 1 aliphatic heterocycles. The summed E-state index contributed by atoms with van der Waals surface area (Å²) >= 11 is 0. The maximum absolute atomic E-state index is 13.5. The summed E-state index contributed by atoms with van der Waals surface area (Å²) in [6.45, 7) is 4.79. The van der Waals surface area contributed by atoms with Crippen molar-refractivity contribution < 1.29 is 19.1 Å². The minimum Gasteiger partial charge on any atom is -0.453 e. The molecule has 2 saturated carbocycles. The lowest BCUT2D eigenvalue weighted by Crippen LogP contribution is -2.51. The van der Waals surface area contributed by atoms with Crippen molar-refractivity contribution in [2.45, 2.75) is 70.5 Å². The zero-order valence-electron chi connectivity index (χ0n) is 31.4. The fourth-order valence-corrected chi connectivity index (χ4v) is 8.96. The average Bonchev–Trinajstić information content (AvgIpc) is 4.07. The number of hydrogen-bond acceptors (Lipinski definition) is 8. The molecule has 4 N–H and O–H groups in total. The Kier molecular flexibility index (Phi) is 10.2. The Balaban J connectivity index is 0.918. The number of benzene rings is 2. The molecule has 13 nitrogen and oxygen atoms in total. The van der Waals surface area contributed by atoms with E-state index < -0.39 is 12.1 Å². The maximum Gasteiger partial charge on any atom is 0.407 e. The molecule has 284 valence electrons. The summed E-state index contributed by atoms with van der Waals surface area (Å²) in [5, 5.41) is 5.82. The number of methoxy groups -OCH3 is 1. The summed E-state index contributed by atoms with van der Waals surface area (Å²) < 4.78 is 4.76. The van der Waals surface area contributed by atoms with E-state index in [0.717, 1.165) is 83.1 Å². The number of aromatic amines is 2. The van der Waals surface area contributed by atoms with Crippen molar-refractivity contribution in [2.75, 3.05) is 13.7 Å². The second-order valence-electron chi connectivity index (χ2n) is 15.4. The van der Waals surface area contributed by atoms with Crippen LogP contribution in [0.1, 0.15) is 75.3 Å². The number of aromatic nitrogens is 6. The van der Waals surface area contributed by atoms with Crippen molar-refractivity contribution in [3.63, 3.8) is 0 Å². The highest BCUT2D eigenvalue weighted by atomic mass is 16.5. The van der Waals surface area contributed by atoms with Crippen LogP contribution in [0.5, 0.6) is 0 Å². The van der Waals surface area contributed by atoms with Gasteiger partial charge in [0.2, 0.25) is 11.8 Å². The fraction of sp³-hybridized carbons (Fsp3) is 0.405. The SMILES string of the molecule is COC(=O)N[C@H](C(=O)N1CCC[C@H]1c1ncc(-c2ccc(-c3ccc(-c4cnc(C5C6CCC(C6)[C@@H]5C(=O)NCc5cnccn5)[nH]4)cc3)cc2)[nH]1)C(C)C. The number of alkyl carbamates (subject to hydrolysis) is 1. The van der Waals surface area contributed by atoms with Crippen LogP contribution in [0.25, 0.3) is 33.6 Å². The monoisotopic (exact) mass is 741 g/mol. The van der Waals surface area contributed by atoms with Gasteiger partial charge in [-0.1, -0.05) is 62.4 Å². The number of nitrogens with zero attached hydrogens (tertiary/aromatic N) is 5. The zero-order valence-corrected chi connectivity index (χ0v) is 31.4. The van der Waals surface area contributed by atoms with E-state index >= 15 is 0 Å². The van der Waals surface area contributed by atoms with Gasteiger partial charge >= 0.3 is 6.09 Å². The maximum atomic E-state index is 13.5. The van der Waals surface area contributed by atoms with E-state index in [-0.39, 0.29) is 35.6 Å². The molecule has 3 unspecified atom stereocenters. The number of hydrogen-bond donors (Lipinski definition) is 4. The molecule has 0 spiro atoms. The normalized spacial score (nSPS) is 22.2. The molecule has 3 aromatic heterocycles. The topological polar surface area (TPSA) is 171 Å². The van der Waals surface area contributed by atoms with Crippen LogP contribution in [0.2, 0.25) is 0 Å². The Labute approximate surface area is 320 Å². The molecular formula is C42H47N9O4. The highest BCUT2D eigenvalue weighted by Gasteiger charge is 2.52. The van der Waals surface area contributed by atoms with E-state index in [0.29, 0.717) is 24.9 Å². The molecule has 55 heavy (non-hydrogen) atoms. The van der Waals surface area contributed by atoms with Gasteiger partial charge in [-0.25, -0.2) is 14.8 Å². The van der Waals surface area contributed by atoms with Gasteiger partial charge in [-0.05, 0) is 72.1 Å². The van der Waals surface area contributed by atoms with Gasteiger partial charge < -0.3 is 30.2 Å². The molecular weight excluding hydrogens is 695 g/mol. The second kappa shape index (κ2) is 15.5. The number of H-pyrrole nitrogens is 2. The van der Waals surface area contributed by atoms with E-state index in [1.165, 1.54) is 7.11 Å². The summed E-state index contributed by atoms with van der Waals surface area (Å²) in [7, 11) is 1.30. The third kappa shape index (κ3) is 7.35. The number of ether oxygens (including phenoxy) is 1. The Bertz CT molecular complexity index is 2130. The first-order chi connectivity index (χ1) is 26.8. The van der Waals surface area contributed by atoms with Gasteiger partial charge in [-0.3, -0.25) is 19.6 Å². The van der Waals surface area contributed by atoms with Gasteiger partial charge in [0.05, 0.1) is 61.3 Å². The van der Waals surface area contributed by atoms with Crippen molar-refractivity contribution in [3.8, 4) is 33.6 Å². The van der Waals surface area contributed by atoms with Gasteiger partial charge in [-0.2, -0.15) is 0 Å².